The van der Waals surface area contributed by atoms with E-state index < -0.39 is 0 Å². The summed E-state index contributed by atoms with van der Waals surface area (Å²) in [5, 5.41) is 21.8. The van der Waals surface area contributed by atoms with Crippen molar-refractivity contribution in [2.24, 2.45) is 10.2 Å². The van der Waals surface area contributed by atoms with Gasteiger partial charge in [-0.25, -0.2) is 15.0 Å². The van der Waals surface area contributed by atoms with Gasteiger partial charge < -0.3 is 5.11 Å². The van der Waals surface area contributed by atoms with Crippen molar-refractivity contribution >= 4 is 24.1 Å². The van der Waals surface area contributed by atoms with Gasteiger partial charge in [-0.2, -0.15) is 10.2 Å². The molecule has 0 saturated carbocycles. The third-order valence-electron chi connectivity index (χ3n) is 3.60. The summed E-state index contributed by atoms with van der Waals surface area (Å²) in [4.78, 5) is 12.8. The lowest BCUT2D eigenvalue weighted by Crippen LogP contribution is -2.11. The fourth-order valence-electron chi connectivity index (χ4n) is 2.15. The van der Waals surface area contributed by atoms with Crippen LogP contribution >= 0.6 is 0 Å². The lowest BCUT2D eigenvalue weighted by atomic mass is 10.3. The summed E-state index contributed by atoms with van der Waals surface area (Å²) in [5.41, 5.74) is 0.916. The van der Waals surface area contributed by atoms with Crippen molar-refractivity contribution < 1.29 is 5.11 Å². The second-order valence-electron chi connectivity index (χ2n) is 5.55. The van der Waals surface area contributed by atoms with Gasteiger partial charge in [0, 0.05) is 26.5 Å². The van der Waals surface area contributed by atoms with Gasteiger partial charge in [0.2, 0.25) is 0 Å². The zero-order valence-electron chi connectivity index (χ0n) is 15.0. The van der Waals surface area contributed by atoms with Crippen LogP contribution in [0.15, 0.2) is 71.1 Å². The molecule has 3 heterocycles. The molecule has 27 heavy (non-hydrogen) atoms. The predicted octanol–water partition coefficient (Wildman–Crippen LogP) is 2.52. The summed E-state index contributed by atoms with van der Waals surface area (Å²) in [7, 11) is 3.56. The molecular weight excluding hydrogens is 342 g/mol. The van der Waals surface area contributed by atoms with E-state index in [1.165, 1.54) is 6.21 Å². The highest BCUT2D eigenvalue weighted by Gasteiger charge is 2.04. The van der Waals surface area contributed by atoms with Crippen molar-refractivity contribution in [2.45, 2.75) is 0 Å². The van der Waals surface area contributed by atoms with Crippen LogP contribution < -0.4 is 10.0 Å². The summed E-state index contributed by atoms with van der Waals surface area (Å²) in [6, 6.07) is 14.4. The first-order valence-corrected chi connectivity index (χ1v) is 8.21. The molecule has 8 nitrogen and oxygen atoms in total. The Kier molecular flexibility index (Phi) is 5.68. The number of nitrogens with zero attached hydrogens (tertiary/aromatic N) is 7. The van der Waals surface area contributed by atoms with E-state index in [9.17, 15) is 5.11 Å². The van der Waals surface area contributed by atoms with Crippen LogP contribution in [0.1, 0.15) is 11.4 Å². The first kappa shape index (κ1) is 18.0. The molecule has 0 amide bonds. The minimum atomic E-state index is 0.0309. The van der Waals surface area contributed by atoms with E-state index >= 15 is 0 Å². The lowest BCUT2D eigenvalue weighted by Gasteiger charge is -2.11. The normalized spacial score (nSPS) is 11.2. The number of anilines is 2. The van der Waals surface area contributed by atoms with Crippen molar-refractivity contribution in [2.75, 3.05) is 24.1 Å². The average Bonchev–Trinajstić information content (AvgIpc) is 2.73. The number of hydrogen-bond acceptors (Lipinski definition) is 8. The number of hydrazone groups is 2. The molecular formula is C19H19N7O. The Morgan fingerprint density at radius 1 is 0.815 bits per heavy atom. The molecule has 8 heteroatoms. The van der Waals surface area contributed by atoms with Gasteiger partial charge in [-0.3, -0.25) is 10.0 Å². The van der Waals surface area contributed by atoms with E-state index in [1.807, 2.05) is 36.4 Å². The number of pyridine rings is 3. The Labute approximate surface area is 157 Å². The first-order chi connectivity index (χ1) is 13.1. The zero-order chi connectivity index (χ0) is 19.1. The van der Waals surface area contributed by atoms with Gasteiger partial charge >= 0.3 is 0 Å². The minimum Gasteiger partial charge on any atom is -0.506 e. The van der Waals surface area contributed by atoms with E-state index in [1.54, 1.807) is 54.9 Å². The molecule has 0 saturated heterocycles. The topological polar surface area (TPSA) is 90.1 Å². The molecule has 3 aromatic rings. The molecule has 0 unspecified atom stereocenters. The van der Waals surface area contributed by atoms with Crippen LogP contribution in [0.3, 0.4) is 0 Å². The molecule has 3 rings (SSSR count). The Balaban J connectivity index is 1.74. The first-order valence-electron chi connectivity index (χ1n) is 8.21. The van der Waals surface area contributed by atoms with Gasteiger partial charge in [0.25, 0.3) is 0 Å². The predicted molar refractivity (Wildman–Crippen MR) is 106 cm³/mol. The fraction of sp³-hybridized carbons (Fsp3) is 0.105. The third-order valence-corrected chi connectivity index (χ3v) is 3.60. The molecule has 0 bridgehead atoms. The molecule has 0 atom stereocenters. The van der Waals surface area contributed by atoms with Gasteiger partial charge in [0.15, 0.2) is 0 Å². The van der Waals surface area contributed by atoms with E-state index in [4.69, 9.17) is 0 Å². The third kappa shape index (κ3) is 4.85. The van der Waals surface area contributed by atoms with Crippen LogP contribution in [0.5, 0.6) is 5.75 Å². The Bertz CT molecular complexity index is 929. The second-order valence-corrected chi connectivity index (χ2v) is 5.55. The van der Waals surface area contributed by atoms with Crippen LogP contribution in [0.2, 0.25) is 0 Å². The van der Waals surface area contributed by atoms with Crippen molar-refractivity contribution in [3.05, 3.63) is 72.3 Å². The maximum atomic E-state index is 10.0. The molecule has 0 spiro atoms. The molecule has 0 radical (unpaired) electrons. The molecule has 0 fully saturated rings. The Hall–Kier alpha value is -3.81. The summed E-state index contributed by atoms with van der Waals surface area (Å²) >= 11 is 0. The lowest BCUT2D eigenvalue weighted by molar-refractivity contribution is 0.471. The quantitative estimate of drug-likeness (QED) is 0.536. The van der Waals surface area contributed by atoms with Gasteiger partial charge in [-0.1, -0.05) is 12.1 Å². The molecule has 0 aliphatic heterocycles. The molecule has 0 aliphatic rings. The Morgan fingerprint density at radius 3 is 1.96 bits per heavy atom. The van der Waals surface area contributed by atoms with E-state index in [-0.39, 0.29) is 5.75 Å². The van der Waals surface area contributed by atoms with Crippen molar-refractivity contribution in [1.82, 2.24) is 15.0 Å². The van der Waals surface area contributed by atoms with Crippen molar-refractivity contribution in [3.8, 4) is 5.75 Å². The largest absolute Gasteiger partial charge is 0.506 e. The van der Waals surface area contributed by atoms with Crippen LogP contribution in [-0.4, -0.2) is 46.6 Å². The van der Waals surface area contributed by atoms with Crippen molar-refractivity contribution in [1.29, 1.82) is 0 Å². The van der Waals surface area contributed by atoms with Gasteiger partial charge in [-0.05, 0) is 36.4 Å². The minimum absolute atomic E-state index is 0.0309. The summed E-state index contributed by atoms with van der Waals surface area (Å²) in [6.07, 6.45) is 6.46. The molecule has 3 aromatic heterocycles. The number of aromatic nitrogens is 3. The van der Waals surface area contributed by atoms with Crippen LogP contribution in [0, 0.1) is 0 Å². The Morgan fingerprint density at radius 2 is 1.41 bits per heavy atom. The van der Waals surface area contributed by atoms with Gasteiger partial charge in [-0.15, -0.1) is 0 Å². The number of rotatable bonds is 6. The maximum absolute atomic E-state index is 10.0. The fourth-order valence-corrected chi connectivity index (χ4v) is 2.15. The molecule has 1 N–H and O–H groups in total. The van der Waals surface area contributed by atoms with Gasteiger partial charge in [0.05, 0.1) is 18.1 Å². The zero-order valence-corrected chi connectivity index (χ0v) is 15.0. The SMILES string of the molecule is CN(/N=C\c1ccc(O)c(/C=N\N(C)c2ccccn2)n1)c1ccccn1. The summed E-state index contributed by atoms with van der Waals surface area (Å²) < 4.78 is 0. The summed E-state index contributed by atoms with van der Waals surface area (Å²) in [6.45, 7) is 0. The standard InChI is InChI=1S/C19H19N7O/c1-25(18-7-3-5-11-20-18)22-13-15-9-10-17(27)16(24-15)14-23-26(2)19-8-4-6-12-21-19/h3-14,27H,1-2H3/b22-13-,23-14-. The van der Waals surface area contributed by atoms with Crippen LogP contribution in [-0.2, 0) is 0 Å². The highest BCUT2D eigenvalue weighted by atomic mass is 16.3. The highest BCUT2D eigenvalue weighted by Crippen LogP contribution is 2.14. The molecule has 0 aliphatic carbocycles. The summed E-state index contributed by atoms with van der Waals surface area (Å²) in [5.74, 6) is 1.43. The van der Waals surface area contributed by atoms with E-state index in [2.05, 4.69) is 25.2 Å². The number of aromatic hydroxyl groups is 1. The van der Waals surface area contributed by atoms with E-state index in [0.717, 1.165) is 0 Å². The highest BCUT2D eigenvalue weighted by molar-refractivity contribution is 5.85. The molecule has 0 aromatic carbocycles. The smallest absolute Gasteiger partial charge is 0.148 e. The van der Waals surface area contributed by atoms with Crippen LogP contribution in [0.25, 0.3) is 0 Å². The van der Waals surface area contributed by atoms with Crippen molar-refractivity contribution in [3.63, 3.8) is 0 Å². The maximum Gasteiger partial charge on any atom is 0.148 e. The number of hydrogen-bond donors (Lipinski definition) is 1. The second kappa shape index (κ2) is 8.52. The van der Waals surface area contributed by atoms with E-state index in [0.29, 0.717) is 23.0 Å². The molecule has 136 valence electrons. The van der Waals surface area contributed by atoms with Crippen LogP contribution in [0.4, 0.5) is 11.6 Å². The van der Waals surface area contributed by atoms with Gasteiger partial charge in [0.1, 0.15) is 23.1 Å². The average molecular weight is 361 g/mol. The monoisotopic (exact) mass is 361 g/mol.